The summed E-state index contributed by atoms with van der Waals surface area (Å²) >= 11 is 6.19. The van der Waals surface area contributed by atoms with Crippen LogP contribution < -0.4 is 0 Å². The molecule has 0 amide bonds. The molecule has 1 aromatic heterocycles. The molecule has 31 heavy (non-hydrogen) atoms. The minimum Gasteiger partial charge on any atom is -0.330 e. The summed E-state index contributed by atoms with van der Waals surface area (Å²) in [5, 5.41) is 0.748. The van der Waals surface area contributed by atoms with E-state index in [4.69, 9.17) is 16.6 Å². The van der Waals surface area contributed by atoms with E-state index in [2.05, 4.69) is 78.6 Å². The van der Waals surface area contributed by atoms with Crippen LogP contribution in [-0.4, -0.2) is 27.5 Å². The Labute approximate surface area is 190 Å². The van der Waals surface area contributed by atoms with Crippen molar-refractivity contribution in [2.45, 2.75) is 31.7 Å². The number of piperidine rings is 1. The zero-order valence-corrected chi connectivity index (χ0v) is 19.1. The Kier molecular flexibility index (Phi) is 6.45. The van der Waals surface area contributed by atoms with E-state index in [9.17, 15) is 0 Å². The summed E-state index contributed by atoms with van der Waals surface area (Å²) in [6.07, 6.45) is 10.6. The van der Waals surface area contributed by atoms with E-state index in [1.165, 1.54) is 11.1 Å². The van der Waals surface area contributed by atoms with Crippen molar-refractivity contribution in [2.75, 3.05) is 13.1 Å². The van der Waals surface area contributed by atoms with Crippen LogP contribution in [0.15, 0.2) is 85.0 Å². The Morgan fingerprint density at radius 1 is 1.16 bits per heavy atom. The Morgan fingerprint density at radius 3 is 2.58 bits per heavy atom. The van der Waals surface area contributed by atoms with Crippen LogP contribution in [0.5, 0.6) is 0 Å². The van der Waals surface area contributed by atoms with Gasteiger partial charge in [-0.25, -0.2) is 4.98 Å². The Bertz CT molecular complexity index is 1120. The first-order valence-electron chi connectivity index (χ1n) is 10.9. The molecule has 160 valence electrons. The molecule has 3 nitrogen and oxygen atoms in total. The van der Waals surface area contributed by atoms with Crippen LogP contribution in [0.4, 0.5) is 0 Å². The highest BCUT2D eigenvalue weighted by Gasteiger charge is 2.38. The van der Waals surface area contributed by atoms with Gasteiger partial charge in [-0.3, -0.25) is 4.90 Å². The van der Waals surface area contributed by atoms with Crippen LogP contribution in [0.2, 0.25) is 5.02 Å². The summed E-state index contributed by atoms with van der Waals surface area (Å²) in [4.78, 5) is 7.37. The zero-order chi connectivity index (χ0) is 21.8. The van der Waals surface area contributed by atoms with Crippen molar-refractivity contribution in [3.8, 4) is 0 Å². The lowest BCUT2D eigenvalue weighted by molar-refractivity contribution is 0.167. The number of benzene rings is 2. The Morgan fingerprint density at radius 2 is 1.90 bits per heavy atom. The standard InChI is InChI=1S/C27H30ClN3/c1-4-6-10-21(5-2)27(22-11-8-7-9-12-22)15-17-31(18-16-27)20-26-29-24-14-13-23(28)19-25(24)30(26)3/h4-14,19H,2,15-18,20H2,1,3H3/b6-4-,21-10+. The number of halogens is 1. The average molecular weight is 432 g/mol. The Balaban J connectivity index is 1.58. The van der Waals surface area contributed by atoms with Gasteiger partial charge in [0.05, 0.1) is 17.6 Å². The number of rotatable bonds is 6. The van der Waals surface area contributed by atoms with E-state index in [1.54, 1.807) is 0 Å². The van der Waals surface area contributed by atoms with E-state index in [1.807, 2.05) is 24.3 Å². The molecule has 0 atom stereocenters. The van der Waals surface area contributed by atoms with Gasteiger partial charge in [-0.1, -0.05) is 72.8 Å². The first-order valence-corrected chi connectivity index (χ1v) is 11.3. The van der Waals surface area contributed by atoms with Crippen molar-refractivity contribution < 1.29 is 0 Å². The van der Waals surface area contributed by atoms with Gasteiger partial charge < -0.3 is 4.57 Å². The molecule has 1 aliphatic heterocycles. The molecule has 1 saturated heterocycles. The van der Waals surface area contributed by atoms with E-state index < -0.39 is 0 Å². The second-order valence-corrected chi connectivity index (χ2v) is 8.73. The van der Waals surface area contributed by atoms with E-state index in [-0.39, 0.29) is 5.41 Å². The largest absolute Gasteiger partial charge is 0.330 e. The van der Waals surface area contributed by atoms with Crippen molar-refractivity contribution in [2.24, 2.45) is 7.05 Å². The quantitative estimate of drug-likeness (QED) is 0.418. The molecular formula is C27H30ClN3. The molecule has 0 spiro atoms. The SMILES string of the molecule is C=C/C(=C\C=C/C)C1(c2ccccc2)CCN(Cc2nc3ccc(Cl)cc3n2C)CC1. The topological polar surface area (TPSA) is 21.1 Å². The van der Waals surface area contributed by atoms with Crippen LogP contribution in [-0.2, 0) is 19.0 Å². The minimum absolute atomic E-state index is 0.00110. The normalized spacial score (nSPS) is 17.5. The fourth-order valence-electron chi connectivity index (χ4n) is 4.77. The lowest BCUT2D eigenvalue weighted by Gasteiger charge is -2.43. The van der Waals surface area contributed by atoms with Gasteiger partial charge in [-0.15, -0.1) is 0 Å². The fraction of sp³-hybridized carbons (Fsp3) is 0.296. The number of fused-ring (bicyclic) bond motifs is 1. The van der Waals surface area contributed by atoms with Crippen LogP contribution in [0.1, 0.15) is 31.2 Å². The van der Waals surface area contributed by atoms with Gasteiger partial charge in [0, 0.05) is 17.5 Å². The van der Waals surface area contributed by atoms with Crippen molar-refractivity contribution >= 4 is 22.6 Å². The van der Waals surface area contributed by atoms with Gasteiger partial charge in [0.2, 0.25) is 0 Å². The molecule has 4 heteroatoms. The number of aromatic nitrogens is 2. The number of aryl methyl sites for hydroxylation is 1. The number of hydrogen-bond donors (Lipinski definition) is 0. The second-order valence-electron chi connectivity index (χ2n) is 8.30. The molecule has 0 aliphatic carbocycles. The highest BCUT2D eigenvalue weighted by Crippen LogP contribution is 2.42. The number of hydrogen-bond acceptors (Lipinski definition) is 2. The molecule has 2 aromatic carbocycles. The van der Waals surface area contributed by atoms with Gasteiger partial charge in [-0.2, -0.15) is 0 Å². The maximum Gasteiger partial charge on any atom is 0.123 e. The van der Waals surface area contributed by atoms with Crippen molar-refractivity contribution in [1.82, 2.24) is 14.5 Å². The lowest BCUT2D eigenvalue weighted by atomic mass is 9.67. The van der Waals surface area contributed by atoms with Crippen LogP contribution in [0, 0.1) is 0 Å². The molecule has 1 aliphatic rings. The predicted octanol–water partition coefficient (Wildman–Crippen LogP) is 6.45. The number of likely N-dealkylation sites (tertiary alicyclic amines) is 1. The third-order valence-electron chi connectivity index (χ3n) is 6.58. The maximum absolute atomic E-state index is 6.19. The molecule has 1 fully saturated rings. The fourth-order valence-corrected chi connectivity index (χ4v) is 4.94. The van der Waals surface area contributed by atoms with Crippen LogP contribution in [0.3, 0.4) is 0 Å². The molecule has 0 N–H and O–H groups in total. The molecule has 0 saturated carbocycles. The molecule has 0 unspecified atom stereocenters. The van der Waals surface area contributed by atoms with E-state index in [0.29, 0.717) is 0 Å². The van der Waals surface area contributed by atoms with E-state index >= 15 is 0 Å². The van der Waals surface area contributed by atoms with Crippen molar-refractivity contribution in [1.29, 1.82) is 0 Å². The third-order valence-corrected chi connectivity index (χ3v) is 6.81. The summed E-state index contributed by atoms with van der Waals surface area (Å²) in [7, 11) is 2.08. The number of imidazole rings is 1. The molecule has 0 bridgehead atoms. The molecular weight excluding hydrogens is 402 g/mol. The molecule has 0 radical (unpaired) electrons. The molecule has 3 aromatic rings. The predicted molar refractivity (Wildman–Crippen MR) is 131 cm³/mol. The first kappa shape index (κ1) is 21.6. The highest BCUT2D eigenvalue weighted by atomic mass is 35.5. The van der Waals surface area contributed by atoms with Crippen LogP contribution >= 0.6 is 11.6 Å². The van der Waals surface area contributed by atoms with Gasteiger partial charge in [-0.05, 0) is 62.2 Å². The zero-order valence-electron chi connectivity index (χ0n) is 18.4. The summed E-state index contributed by atoms with van der Waals surface area (Å²) in [5.41, 5.74) is 4.76. The summed E-state index contributed by atoms with van der Waals surface area (Å²) in [5.74, 6) is 1.08. The Hall–Kier alpha value is -2.62. The first-order chi connectivity index (χ1) is 15.1. The average Bonchev–Trinajstić information content (AvgIpc) is 3.10. The highest BCUT2D eigenvalue weighted by molar-refractivity contribution is 6.31. The summed E-state index contributed by atoms with van der Waals surface area (Å²) in [6.45, 7) is 9.07. The van der Waals surface area contributed by atoms with Crippen molar-refractivity contribution in [3.63, 3.8) is 0 Å². The van der Waals surface area contributed by atoms with Gasteiger partial charge in [0.1, 0.15) is 5.82 Å². The lowest BCUT2D eigenvalue weighted by Crippen LogP contribution is -2.43. The third kappa shape index (κ3) is 4.26. The van der Waals surface area contributed by atoms with Crippen molar-refractivity contribution in [3.05, 3.63) is 101 Å². The van der Waals surface area contributed by atoms with Gasteiger partial charge in [0.15, 0.2) is 0 Å². The molecule has 4 rings (SSSR count). The summed E-state index contributed by atoms with van der Waals surface area (Å²) in [6, 6.07) is 16.8. The van der Waals surface area contributed by atoms with Gasteiger partial charge in [0.25, 0.3) is 0 Å². The molecule has 2 heterocycles. The second kappa shape index (κ2) is 9.25. The number of allylic oxidation sites excluding steroid dienone is 5. The van der Waals surface area contributed by atoms with E-state index in [0.717, 1.165) is 54.4 Å². The smallest absolute Gasteiger partial charge is 0.123 e. The van der Waals surface area contributed by atoms with Gasteiger partial charge >= 0.3 is 0 Å². The minimum atomic E-state index is -0.00110. The van der Waals surface area contributed by atoms with Crippen LogP contribution in [0.25, 0.3) is 11.0 Å². The maximum atomic E-state index is 6.19. The monoisotopic (exact) mass is 431 g/mol. The summed E-state index contributed by atoms with van der Waals surface area (Å²) < 4.78 is 2.17. The number of nitrogens with zero attached hydrogens (tertiary/aromatic N) is 3.